The molecule has 0 N–H and O–H groups in total. The average molecular weight is 413 g/mol. The van der Waals surface area contributed by atoms with E-state index in [4.69, 9.17) is 19.4 Å². The number of anilines is 1. The molecule has 0 saturated carbocycles. The van der Waals surface area contributed by atoms with Gasteiger partial charge in [0.15, 0.2) is 0 Å². The molecule has 2 aromatic rings. The molecule has 2 aliphatic rings. The first-order chi connectivity index (χ1) is 14.6. The van der Waals surface area contributed by atoms with Crippen LogP contribution in [0.3, 0.4) is 0 Å². The molecule has 2 fully saturated rings. The minimum Gasteiger partial charge on any atom is -0.497 e. The van der Waals surface area contributed by atoms with Crippen LogP contribution in [-0.2, 0) is 9.53 Å². The number of nitrogens with zero attached hydrogens (tertiary/aromatic N) is 4. The van der Waals surface area contributed by atoms with Crippen LogP contribution in [0.5, 0.6) is 5.75 Å². The summed E-state index contributed by atoms with van der Waals surface area (Å²) in [5, 5.41) is 1.03. The molecule has 162 valence electrons. The van der Waals surface area contributed by atoms with E-state index in [1.807, 2.05) is 30.0 Å². The molecule has 0 spiro atoms. The molecule has 30 heavy (non-hydrogen) atoms. The first kappa shape index (κ1) is 20.8. The highest BCUT2D eigenvalue weighted by Crippen LogP contribution is 2.27. The Balaban J connectivity index is 1.51. The highest BCUT2D eigenvalue weighted by Gasteiger charge is 2.31. The van der Waals surface area contributed by atoms with Gasteiger partial charge in [0.05, 0.1) is 30.3 Å². The Labute approximate surface area is 178 Å². The highest BCUT2D eigenvalue weighted by molar-refractivity contribution is 5.83. The van der Waals surface area contributed by atoms with E-state index < -0.39 is 0 Å². The van der Waals surface area contributed by atoms with Gasteiger partial charge in [-0.15, -0.1) is 0 Å². The van der Waals surface area contributed by atoms with E-state index in [-0.39, 0.29) is 17.9 Å². The van der Waals surface area contributed by atoms with Crippen LogP contribution in [0.1, 0.15) is 38.3 Å². The lowest BCUT2D eigenvalue weighted by atomic mass is 9.96. The van der Waals surface area contributed by atoms with Crippen LogP contribution < -0.4 is 9.64 Å². The van der Waals surface area contributed by atoms with E-state index in [2.05, 4.69) is 11.8 Å². The third-order valence-corrected chi connectivity index (χ3v) is 6.28. The maximum absolute atomic E-state index is 13.2. The Kier molecular flexibility index (Phi) is 6.37. The van der Waals surface area contributed by atoms with Crippen molar-refractivity contribution in [1.82, 2.24) is 14.9 Å². The van der Waals surface area contributed by atoms with Gasteiger partial charge in [-0.3, -0.25) is 4.79 Å². The number of aryl methyl sites for hydroxylation is 1. The number of hydrogen-bond acceptors (Lipinski definition) is 6. The lowest BCUT2D eigenvalue weighted by molar-refractivity contribution is -0.137. The Hall–Kier alpha value is -2.41. The van der Waals surface area contributed by atoms with Gasteiger partial charge in [0.2, 0.25) is 11.9 Å². The smallest absolute Gasteiger partial charge is 0.227 e. The van der Waals surface area contributed by atoms with Crippen LogP contribution in [0.25, 0.3) is 10.9 Å². The SMILES string of the molecule is CCN(C[C@H]1CCCO1)C(=O)[C@@H]1CCCN(c2nc(C)c3ccc(OC)cc3n2)C1. The second-order valence-corrected chi connectivity index (χ2v) is 8.29. The molecule has 3 heterocycles. The predicted molar refractivity (Wildman–Crippen MR) is 117 cm³/mol. The fourth-order valence-corrected chi connectivity index (χ4v) is 4.55. The van der Waals surface area contributed by atoms with Gasteiger partial charge in [-0.2, -0.15) is 0 Å². The molecule has 1 amide bonds. The maximum Gasteiger partial charge on any atom is 0.227 e. The lowest BCUT2D eigenvalue weighted by Crippen LogP contribution is -2.47. The van der Waals surface area contributed by atoms with Gasteiger partial charge < -0.3 is 19.3 Å². The summed E-state index contributed by atoms with van der Waals surface area (Å²) < 4.78 is 11.1. The number of likely N-dealkylation sites (N-methyl/N-ethyl adjacent to an activating group) is 1. The summed E-state index contributed by atoms with van der Waals surface area (Å²) in [5.74, 6) is 1.70. The first-order valence-electron chi connectivity index (χ1n) is 11.1. The van der Waals surface area contributed by atoms with Crippen molar-refractivity contribution in [1.29, 1.82) is 0 Å². The number of methoxy groups -OCH3 is 1. The molecule has 4 rings (SSSR count). The number of benzene rings is 1. The maximum atomic E-state index is 13.2. The summed E-state index contributed by atoms with van der Waals surface area (Å²) in [5.41, 5.74) is 1.82. The summed E-state index contributed by atoms with van der Waals surface area (Å²) in [7, 11) is 1.66. The molecule has 0 bridgehead atoms. The fraction of sp³-hybridized carbons (Fsp3) is 0.609. The number of hydrogen-bond donors (Lipinski definition) is 0. The Morgan fingerprint density at radius 3 is 2.90 bits per heavy atom. The van der Waals surface area contributed by atoms with Gasteiger partial charge in [0.1, 0.15) is 5.75 Å². The zero-order chi connectivity index (χ0) is 21.1. The summed E-state index contributed by atoms with van der Waals surface area (Å²) in [4.78, 5) is 26.9. The monoisotopic (exact) mass is 412 g/mol. The largest absolute Gasteiger partial charge is 0.497 e. The van der Waals surface area contributed by atoms with Gasteiger partial charge in [-0.1, -0.05) is 0 Å². The summed E-state index contributed by atoms with van der Waals surface area (Å²) >= 11 is 0. The van der Waals surface area contributed by atoms with Crippen molar-refractivity contribution >= 4 is 22.8 Å². The molecular formula is C23H32N4O3. The third kappa shape index (κ3) is 4.36. The van der Waals surface area contributed by atoms with Crippen LogP contribution in [0.4, 0.5) is 5.95 Å². The number of fused-ring (bicyclic) bond motifs is 1. The van der Waals surface area contributed by atoms with Gasteiger partial charge >= 0.3 is 0 Å². The van der Waals surface area contributed by atoms with Crippen molar-refractivity contribution in [2.45, 2.75) is 45.6 Å². The minimum absolute atomic E-state index is 0.0231. The molecule has 7 nitrogen and oxygen atoms in total. The zero-order valence-electron chi connectivity index (χ0n) is 18.3. The van der Waals surface area contributed by atoms with E-state index >= 15 is 0 Å². The number of amides is 1. The average Bonchev–Trinajstić information content (AvgIpc) is 3.30. The second-order valence-electron chi connectivity index (χ2n) is 8.29. The van der Waals surface area contributed by atoms with Gasteiger partial charge in [-0.25, -0.2) is 9.97 Å². The van der Waals surface area contributed by atoms with E-state index in [1.54, 1.807) is 7.11 Å². The highest BCUT2D eigenvalue weighted by atomic mass is 16.5. The van der Waals surface area contributed by atoms with Crippen molar-refractivity contribution < 1.29 is 14.3 Å². The van der Waals surface area contributed by atoms with Crippen LogP contribution in [0.2, 0.25) is 0 Å². The van der Waals surface area contributed by atoms with Gasteiger partial charge in [-0.05, 0) is 51.7 Å². The number of aromatic nitrogens is 2. The van der Waals surface area contributed by atoms with E-state index in [1.165, 1.54) is 0 Å². The molecule has 2 aliphatic heterocycles. The first-order valence-corrected chi connectivity index (χ1v) is 11.1. The molecule has 1 aromatic heterocycles. The Morgan fingerprint density at radius 2 is 2.17 bits per heavy atom. The van der Waals surface area contributed by atoms with Crippen LogP contribution in [0, 0.1) is 12.8 Å². The number of ether oxygens (including phenoxy) is 2. The topological polar surface area (TPSA) is 67.8 Å². The van der Waals surface area contributed by atoms with Crippen LogP contribution in [0.15, 0.2) is 18.2 Å². The molecule has 1 aromatic carbocycles. The predicted octanol–water partition coefficient (Wildman–Crippen LogP) is 3.19. The van der Waals surface area contributed by atoms with Gasteiger partial charge in [0.25, 0.3) is 0 Å². The summed E-state index contributed by atoms with van der Waals surface area (Å²) in [6.45, 7) is 7.84. The normalized spacial score (nSPS) is 21.8. The van der Waals surface area contributed by atoms with Crippen molar-refractivity contribution in [3.8, 4) is 5.75 Å². The molecule has 2 atom stereocenters. The van der Waals surface area contributed by atoms with E-state index in [0.29, 0.717) is 19.0 Å². The number of carbonyl (C=O) groups is 1. The van der Waals surface area contributed by atoms with Gasteiger partial charge in [0, 0.05) is 44.2 Å². The van der Waals surface area contributed by atoms with Crippen molar-refractivity contribution in [3.63, 3.8) is 0 Å². The molecular weight excluding hydrogens is 380 g/mol. The van der Waals surface area contributed by atoms with Crippen LogP contribution >= 0.6 is 0 Å². The van der Waals surface area contributed by atoms with E-state index in [9.17, 15) is 4.79 Å². The molecule has 0 aliphatic carbocycles. The minimum atomic E-state index is -0.0231. The quantitative estimate of drug-likeness (QED) is 0.726. The zero-order valence-corrected chi connectivity index (χ0v) is 18.3. The molecule has 2 saturated heterocycles. The van der Waals surface area contributed by atoms with Crippen LogP contribution in [-0.4, -0.2) is 66.8 Å². The third-order valence-electron chi connectivity index (χ3n) is 6.28. The molecule has 7 heteroatoms. The Morgan fingerprint density at radius 1 is 1.30 bits per heavy atom. The number of piperidine rings is 1. The fourth-order valence-electron chi connectivity index (χ4n) is 4.55. The summed E-state index contributed by atoms with van der Waals surface area (Å²) in [6, 6.07) is 5.88. The second kappa shape index (κ2) is 9.16. The van der Waals surface area contributed by atoms with E-state index in [0.717, 1.165) is 67.7 Å². The number of rotatable bonds is 6. The lowest BCUT2D eigenvalue weighted by Gasteiger charge is -2.35. The van der Waals surface area contributed by atoms with Crippen molar-refractivity contribution in [2.75, 3.05) is 44.8 Å². The number of carbonyl (C=O) groups excluding carboxylic acids is 1. The molecule has 0 radical (unpaired) electrons. The molecule has 0 unspecified atom stereocenters. The Bertz CT molecular complexity index is 897. The standard InChI is InChI=1S/C23H32N4O3/c1-4-26(15-19-8-6-12-30-19)22(28)17-7-5-11-27(14-17)23-24-16(2)20-10-9-18(29-3)13-21(20)25-23/h9-10,13,17,19H,4-8,11-12,14-15H2,1-3H3/t17-,19-/m1/s1. The summed E-state index contributed by atoms with van der Waals surface area (Å²) in [6.07, 6.45) is 4.21. The van der Waals surface area contributed by atoms with Crippen molar-refractivity contribution in [3.05, 3.63) is 23.9 Å². The van der Waals surface area contributed by atoms with Crippen molar-refractivity contribution in [2.24, 2.45) is 5.92 Å².